The molecule has 0 aromatic heterocycles. The van der Waals surface area contributed by atoms with Crippen molar-refractivity contribution in [2.24, 2.45) is 0 Å². The molecule has 0 bridgehead atoms. The number of rotatable bonds is 2. The molecule has 0 amide bonds. The predicted octanol–water partition coefficient (Wildman–Crippen LogP) is 7.88. The first kappa shape index (κ1) is 23.0. The smallest absolute Gasteiger partial charge is 0.252 e. The first-order valence-corrected chi connectivity index (χ1v) is 14.9. The van der Waals surface area contributed by atoms with Gasteiger partial charge in [-0.2, -0.15) is 0 Å². The number of hydrogen-bond acceptors (Lipinski definition) is 2. The minimum absolute atomic E-state index is 0.141. The number of anilines is 4. The van der Waals surface area contributed by atoms with Gasteiger partial charge in [-0.25, -0.2) is 0 Å². The molecule has 0 saturated heterocycles. The van der Waals surface area contributed by atoms with E-state index in [4.69, 9.17) is 0 Å². The normalized spacial score (nSPS) is 16.8. The van der Waals surface area contributed by atoms with Crippen molar-refractivity contribution in [2.75, 3.05) is 9.80 Å². The van der Waals surface area contributed by atoms with Gasteiger partial charge in [-0.1, -0.05) is 91.0 Å². The largest absolute Gasteiger partial charge is 0.315 e. The molecule has 0 atom stereocenters. The van der Waals surface area contributed by atoms with E-state index in [2.05, 4.69) is 137 Å². The summed E-state index contributed by atoms with van der Waals surface area (Å²) in [7, 11) is 0. The monoisotopic (exact) mass is 524 g/mol. The van der Waals surface area contributed by atoms with Crippen LogP contribution >= 0.6 is 0 Å². The molecule has 2 aliphatic carbocycles. The van der Waals surface area contributed by atoms with E-state index in [-0.39, 0.29) is 6.71 Å². The Morgan fingerprint density at radius 1 is 0.585 bits per heavy atom. The molecular weight excluding hydrogens is 495 g/mol. The van der Waals surface area contributed by atoms with Crippen LogP contribution in [0.1, 0.15) is 25.7 Å². The fraction of sp³-hybridized carbons (Fsp3) is 0.105. The van der Waals surface area contributed by atoms with Gasteiger partial charge in [0.1, 0.15) is 0 Å². The van der Waals surface area contributed by atoms with Crippen LogP contribution in [0.2, 0.25) is 0 Å². The third-order valence-corrected chi connectivity index (χ3v) is 9.27. The third-order valence-electron chi connectivity index (χ3n) is 9.27. The summed E-state index contributed by atoms with van der Waals surface area (Å²) in [5.41, 5.74) is 12.1. The highest BCUT2D eigenvalue weighted by molar-refractivity contribution is 7.01. The van der Waals surface area contributed by atoms with Gasteiger partial charge >= 0.3 is 0 Å². The highest BCUT2D eigenvalue weighted by Crippen LogP contribution is 2.43. The number of hydrogen-bond donors (Lipinski definition) is 0. The second-order valence-corrected chi connectivity index (χ2v) is 11.5. The molecule has 0 unspecified atom stereocenters. The van der Waals surface area contributed by atoms with Crippen LogP contribution < -0.4 is 26.2 Å². The molecule has 4 aliphatic rings. The second kappa shape index (κ2) is 8.87. The van der Waals surface area contributed by atoms with Gasteiger partial charge in [0.05, 0.1) is 0 Å². The maximum absolute atomic E-state index is 2.57. The van der Waals surface area contributed by atoms with Crippen LogP contribution in [0.5, 0.6) is 0 Å². The van der Waals surface area contributed by atoms with Crippen molar-refractivity contribution in [1.29, 1.82) is 0 Å². The van der Waals surface area contributed by atoms with Gasteiger partial charge < -0.3 is 9.80 Å². The Balaban J connectivity index is 1.43. The molecule has 2 nitrogen and oxygen atoms in total. The molecule has 5 aromatic carbocycles. The zero-order valence-electron chi connectivity index (χ0n) is 22.9. The number of fused-ring (bicyclic) bond motifs is 7. The Morgan fingerprint density at radius 2 is 1.37 bits per heavy atom. The van der Waals surface area contributed by atoms with Crippen molar-refractivity contribution in [2.45, 2.75) is 25.7 Å². The summed E-state index contributed by atoms with van der Waals surface area (Å²) in [6.45, 7) is 0.141. The van der Waals surface area contributed by atoms with Crippen LogP contribution in [0.4, 0.5) is 22.7 Å². The summed E-state index contributed by atoms with van der Waals surface area (Å²) < 4.78 is 0. The number of nitrogens with zero attached hydrogens (tertiary/aromatic N) is 2. The summed E-state index contributed by atoms with van der Waals surface area (Å²) in [5, 5.41) is 5.22. The molecule has 3 heteroatoms. The molecule has 2 heterocycles. The Hall–Kier alpha value is -4.76. The van der Waals surface area contributed by atoms with Crippen LogP contribution in [0, 0.1) is 0 Å². The van der Waals surface area contributed by atoms with Gasteiger partial charge in [-0.05, 0) is 100 Å². The van der Waals surface area contributed by atoms with Crippen molar-refractivity contribution >= 4 is 67.4 Å². The van der Waals surface area contributed by atoms with E-state index in [9.17, 15) is 0 Å². The maximum atomic E-state index is 2.57. The van der Waals surface area contributed by atoms with E-state index in [1.165, 1.54) is 72.1 Å². The molecule has 0 fully saturated rings. The van der Waals surface area contributed by atoms with E-state index >= 15 is 0 Å². The van der Waals surface area contributed by atoms with Gasteiger partial charge in [0.25, 0.3) is 6.71 Å². The van der Waals surface area contributed by atoms with Gasteiger partial charge in [-0.3, -0.25) is 0 Å². The maximum Gasteiger partial charge on any atom is 0.252 e. The summed E-state index contributed by atoms with van der Waals surface area (Å²) in [6.07, 6.45) is 18.2. The van der Waals surface area contributed by atoms with E-state index in [0.717, 1.165) is 25.7 Å². The molecule has 194 valence electrons. The van der Waals surface area contributed by atoms with E-state index < -0.39 is 0 Å². The number of allylic oxidation sites excluding steroid dienone is 7. The Kier molecular flexibility index (Phi) is 4.98. The highest BCUT2D eigenvalue weighted by atomic mass is 15.2. The molecule has 0 radical (unpaired) electrons. The van der Waals surface area contributed by atoms with Crippen LogP contribution in [0.3, 0.4) is 0 Å². The van der Waals surface area contributed by atoms with Crippen LogP contribution in [-0.4, -0.2) is 6.71 Å². The zero-order chi connectivity index (χ0) is 26.9. The summed E-state index contributed by atoms with van der Waals surface area (Å²) in [4.78, 5) is 5.10. The first-order chi connectivity index (χ1) is 20.4. The standard InChI is InChI=1S/C38H29BN2/c1-3-15-29(16-4-1)40-33-20-11-21-34-38(33)39(37-31-19-10-9-12-26(31)22-23-35(37)40)32-24-27-13-7-8-14-28(27)25-36(32)41(34)30-17-5-2-6-18-30/h2-3,5,7-17,19-25H,1,4,6,18H2. The fourth-order valence-corrected chi connectivity index (χ4v) is 7.52. The molecular formula is C38H29BN2. The fourth-order valence-electron chi connectivity index (χ4n) is 7.52. The first-order valence-electron chi connectivity index (χ1n) is 14.9. The lowest BCUT2D eigenvalue weighted by atomic mass is 9.33. The molecule has 0 spiro atoms. The minimum atomic E-state index is 0.141. The van der Waals surface area contributed by atoms with Crippen molar-refractivity contribution < 1.29 is 0 Å². The van der Waals surface area contributed by atoms with Crippen molar-refractivity contribution in [1.82, 2.24) is 0 Å². The number of benzene rings is 5. The second-order valence-electron chi connectivity index (χ2n) is 11.5. The minimum Gasteiger partial charge on any atom is -0.315 e. The van der Waals surface area contributed by atoms with Crippen molar-refractivity contribution in [3.63, 3.8) is 0 Å². The molecule has 0 saturated carbocycles. The highest BCUT2D eigenvalue weighted by Gasteiger charge is 2.44. The SMILES string of the molecule is C1=CCCC(N2c3cc4ccccc4cc3B3c4c2cccc4N(C2=CCCC=C2)c2ccc4ccccc4c23)=C1. The third kappa shape index (κ3) is 3.32. The van der Waals surface area contributed by atoms with Gasteiger partial charge in [-0.15, -0.1) is 0 Å². The average Bonchev–Trinajstić information content (AvgIpc) is 3.04. The Labute approximate surface area is 241 Å². The predicted molar refractivity (Wildman–Crippen MR) is 176 cm³/mol. The van der Waals surface area contributed by atoms with E-state index in [1.807, 2.05) is 0 Å². The van der Waals surface area contributed by atoms with Crippen LogP contribution in [0.25, 0.3) is 21.5 Å². The molecule has 0 N–H and O–H groups in total. The van der Waals surface area contributed by atoms with Crippen molar-refractivity contribution in [3.05, 3.63) is 139 Å². The lowest BCUT2D eigenvalue weighted by molar-refractivity contribution is 0.919. The Bertz CT molecular complexity index is 2030. The summed E-state index contributed by atoms with van der Waals surface area (Å²) >= 11 is 0. The van der Waals surface area contributed by atoms with Gasteiger partial charge in [0.15, 0.2) is 0 Å². The quantitative estimate of drug-likeness (QED) is 0.217. The Morgan fingerprint density at radius 3 is 2.17 bits per heavy atom. The zero-order valence-corrected chi connectivity index (χ0v) is 22.9. The van der Waals surface area contributed by atoms with E-state index in [0.29, 0.717) is 0 Å². The van der Waals surface area contributed by atoms with Gasteiger partial charge in [0.2, 0.25) is 0 Å². The summed E-state index contributed by atoms with van der Waals surface area (Å²) in [6, 6.07) is 34.3. The summed E-state index contributed by atoms with van der Waals surface area (Å²) in [5.74, 6) is 0. The van der Waals surface area contributed by atoms with Crippen molar-refractivity contribution in [3.8, 4) is 0 Å². The topological polar surface area (TPSA) is 6.48 Å². The molecule has 2 aliphatic heterocycles. The van der Waals surface area contributed by atoms with Crippen LogP contribution in [0.15, 0.2) is 139 Å². The van der Waals surface area contributed by atoms with Crippen LogP contribution in [-0.2, 0) is 0 Å². The molecule has 9 rings (SSSR count). The lowest BCUT2D eigenvalue weighted by Gasteiger charge is -2.45. The van der Waals surface area contributed by atoms with Gasteiger partial charge in [0, 0.05) is 34.1 Å². The average molecular weight is 524 g/mol. The molecule has 5 aromatic rings. The molecule has 41 heavy (non-hydrogen) atoms. The lowest BCUT2D eigenvalue weighted by Crippen LogP contribution is -2.62. The van der Waals surface area contributed by atoms with E-state index in [1.54, 1.807) is 0 Å².